The van der Waals surface area contributed by atoms with Gasteiger partial charge in [0.2, 0.25) is 0 Å². The molecule has 0 rings (SSSR count). The zero-order chi connectivity index (χ0) is 73.2. The molecule has 0 bridgehead atoms. The molecule has 17 nitrogen and oxygen atoms in total. The van der Waals surface area contributed by atoms with Crippen molar-refractivity contribution < 1.29 is 80.2 Å². The third-order valence-corrected chi connectivity index (χ3v) is 19.4. The molecule has 2 unspecified atom stereocenters. The molecule has 0 saturated heterocycles. The number of allylic oxidation sites excluding steroid dienone is 10. The van der Waals surface area contributed by atoms with Gasteiger partial charge in [-0.05, 0) is 64.2 Å². The summed E-state index contributed by atoms with van der Waals surface area (Å²) < 4.78 is 68.5. The van der Waals surface area contributed by atoms with E-state index in [0.29, 0.717) is 32.1 Å². The normalized spacial score (nSPS) is 14.2. The molecule has 3 N–H and O–H groups in total. The van der Waals surface area contributed by atoms with Crippen molar-refractivity contribution in [3.05, 3.63) is 60.8 Å². The van der Waals surface area contributed by atoms with E-state index in [4.69, 9.17) is 37.0 Å². The van der Waals surface area contributed by atoms with Crippen molar-refractivity contribution in [2.24, 2.45) is 0 Å². The zero-order valence-electron chi connectivity index (χ0n) is 63.9. The molecule has 0 heterocycles. The molecule has 0 aliphatic carbocycles. The third kappa shape index (κ3) is 73.1. The molecule has 0 saturated carbocycles. The van der Waals surface area contributed by atoms with Crippen LogP contribution in [-0.2, 0) is 65.4 Å². The van der Waals surface area contributed by atoms with Crippen molar-refractivity contribution in [1.82, 2.24) is 0 Å². The Labute approximate surface area is 610 Å². The summed E-state index contributed by atoms with van der Waals surface area (Å²) in [6.07, 6.45) is 73.5. The molecule has 0 aromatic heterocycles. The molecule has 0 radical (unpaired) electrons. The second kappa shape index (κ2) is 74.0. The van der Waals surface area contributed by atoms with E-state index in [1.165, 1.54) is 193 Å². The summed E-state index contributed by atoms with van der Waals surface area (Å²) in [7, 11) is -9.95. The Balaban J connectivity index is 5.36. The number of carbonyl (C=O) groups is 4. The topological polar surface area (TPSA) is 237 Å². The Morgan fingerprint density at radius 2 is 0.510 bits per heavy atom. The summed E-state index contributed by atoms with van der Waals surface area (Å²) >= 11 is 0. The van der Waals surface area contributed by atoms with Gasteiger partial charge in [-0.15, -0.1) is 0 Å². The third-order valence-electron chi connectivity index (χ3n) is 17.5. The van der Waals surface area contributed by atoms with E-state index in [2.05, 4.69) is 76.3 Å². The molecular formula is C81H148O17P2. The van der Waals surface area contributed by atoms with Crippen molar-refractivity contribution in [1.29, 1.82) is 0 Å². The number of esters is 4. The van der Waals surface area contributed by atoms with E-state index < -0.39 is 97.5 Å². The molecule has 0 aliphatic rings. The highest BCUT2D eigenvalue weighted by molar-refractivity contribution is 7.47. The lowest BCUT2D eigenvalue weighted by atomic mass is 10.0. The Hall–Kier alpha value is -3.24. The monoisotopic (exact) mass is 1460 g/mol. The van der Waals surface area contributed by atoms with Crippen LogP contribution in [-0.4, -0.2) is 96.7 Å². The summed E-state index contributed by atoms with van der Waals surface area (Å²) in [6.45, 7) is 4.85. The van der Waals surface area contributed by atoms with Gasteiger partial charge in [0.25, 0.3) is 0 Å². The van der Waals surface area contributed by atoms with Gasteiger partial charge < -0.3 is 33.8 Å². The van der Waals surface area contributed by atoms with E-state index in [1.54, 1.807) is 0 Å². The maximum absolute atomic E-state index is 13.1. The first-order valence-electron chi connectivity index (χ1n) is 40.5. The number of phosphoric acid groups is 2. The summed E-state index contributed by atoms with van der Waals surface area (Å²) in [5.74, 6) is -2.23. The van der Waals surface area contributed by atoms with Gasteiger partial charge in [0.1, 0.15) is 19.3 Å². The predicted octanol–water partition coefficient (Wildman–Crippen LogP) is 23.5. The fourth-order valence-electron chi connectivity index (χ4n) is 11.3. The first-order valence-corrected chi connectivity index (χ1v) is 43.5. The molecule has 5 atom stereocenters. The van der Waals surface area contributed by atoms with Gasteiger partial charge in [-0.2, -0.15) is 0 Å². The Morgan fingerprint density at radius 1 is 0.280 bits per heavy atom. The van der Waals surface area contributed by atoms with E-state index in [1.807, 2.05) is 12.2 Å². The summed E-state index contributed by atoms with van der Waals surface area (Å²) in [5, 5.41) is 10.6. The zero-order valence-corrected chi connectivity index (χ0v) is 65.7. The van der Waals surface area contributed by atoms with Crippen LogP contribution in [0.15, 0.2) is 60.8 Å². The standard InChI is InChI=1S/C81H148O17P2/c1-5-9-13-17-21-25-29-33-35-36-37-38-40-43-46-50-54-58-62-66-79(84)92-72-77(98-81(86)68-64-60-56-52-48-44-39-34-30-26-22-18-14-10-6-2)74-96-100(89,90)94-70-75(82)69-93-99(87,88)95-73-76(97-80(85)67-63-59-55-51-47-42-32-28-24-20-16-12-8-4)71-91-78(83)65-61-57-53-49-45-41-31-27-23-19-15-11-7-3/h21,25,33,35,37-38,43,46,54,58,75-77,82H,5-20,22-24,26-32,34,36,39-42,44-45,47-53,55-57,59-74H2,1-4H3,(H,87,88)(H,89,90)/b25-21-,35-33-,38-37-,46-43-,58-54-/t75-,76+,77+/m0/s1. The van der Waals surface area contributed by atoms with E-state index in [0.717, 1.165) is 96.3 Å². The fraction of sp³-hybridized carbons (Fsp3) is 0.827. The fourth-order valence-corrected chi connectivity index (χ4v) is 12.9. The Kier molecular flexibility index (Phi) is 71.6. The number of ether oxygens (including phenoxy) is 4. The number of phosphoric ester groups is 2. The molecule has 0 aromatic carbocycles. The lowest BCUT2D eigenvalue weighted by Crippen LogP contribution is -2.30. The highest BCUT2D eigenvalue weighted by Crippen LogP contribution is 2.45. The molecule has 19 heteroatoms. The van der Waals surface area contributed by atoms with Crippen LogP contribution in [0.1, 0.15) is 374 Å². The van der Waals surface area contributed by atoms with E-state index in [9.17, 15) is 43.2 Å². The molecular weight excluding hydrogens is 1310 g/mol. The second-order valence-electron chi connectivity index (χ2n) is 27.4. The maximum Gasteiger partial charge on any atom is 0.472 e. The molecule has 584 valence electrons. The van der Waals surface area contributed by atoms with Crippen LogP contribution in [0.2, 0.25) is 0 Å². The number of hydrogen-bond acceptors (Lipinski definition) is 15. The summed E-state index contributed by atoms with van der Waals surface area (Å²) in [6, 6.07) is 0. The minimum absolute atomic E-state index is 0.0434. The highest BCUT2D eigenvalue weighted by Gasteiger charge is 2.30. The maximum atomic E-state index is 13.1. The average Bonchev–Trinajstić information content (AvgIpc) is 0.946. The number of rotatable bonds is 77. The molecule has 0 aromatic rings. The summed E-state index contributed by atoms with van der Waals surface area (Å²) in [4.78, 5) is 72.9. The quantitative estimate of drug-likeness (QED) is 0.0169. The van der Waals surface area contributed by atoms with Crippen molar-refractivity contribution in [2.45, 2.75) is 393 Å². The molecule has 0 amide bonds. The van der Waals surface area contributed by atoms with Crippen molar-refractivity contribution in [3.8, 4) is 0 Å². The van der Waals surface area contributed by atoms with Gasteiger partial charge in [0.15, 0.2) is 12.2 Å². The number of aliphatic hydroxyl groups is 1. The van der Waals surface area contributed by atoms with Gasteiger partial charge in [-0.3, -0.25) is 37.3 Å². The van der Waals surface area contributed by atoms with E-state index in [-0.39, 0.29) is 25.7 Å². The van der Waals surface area contributed by atoms with Crippen LogP contribution in [0.25, 0.3) is 0 Å². The minimum Gasteiger partial charge on any atom is -0.462 e. The smallest absolute Gasteiger partial charge is 0.462 e. The van der Waals surface area contributed by atoms with Gasteiger partial charge in [-0.25, -0.2) is 9.13 Å². The van der Waals surface area contributed by atoms with Crippen molar-refractivity contribution >= 4 is 39.5 Å². The van der Waals surface area contributed by atoms with Gasteiger partial charge in [-0.1, -0.05) is 345 Å². The van der Waals surface area contributed by atoms with Gasteiger partial charge >= 0.3 is 39.5 Å². The second-order valence-corrected chi connectivity index (χ2v) is 30.3. The van der Waals surface area contributed by atoms with Crippen LogP contribution in [0, 0.1) is 0 Å². The largest absolute Gasteiger partial charge is 0.472 e. The van der Waals surface area contributed by atoms with Gasteiger partial charge in [0, 0.05) is 25.7 Å². The predicted molar refractivity (Wildman–Crippen MR) is 409 cm³/mol. The molecule has 0 spiro atoms. The minimum atomic E-state index is -4.98. The number of carbonyl (C=O) groups excluding carboxylic acids is 4. The van der Waals surface area contributed by atoms with E-state index >= 15 is 0 Å². The number of aliphatic hydroxyl groups excluding tert-OH is 1. The lowest BCUT2D eigenvalue weighted by Gasteiger charge is -2.21. The molecule has 100 heavy (non-hydrogen) atoms. The Morgan fingerprint density at radius 3 is 0.810 bits per heavy atom. The van der Waals surface area contributed by atoms with Crippen molar-refractivity contribution in [3.63, 3.8) is 0 Å². The highest BCUT2D eigenvalue weighted by atomic mass is 31.2. The average molecular weight is 1460 g/mol. The molecule has 0 aliphatic heterocycles. The van der Waals surface area contributed by atoms with Crippen LogP contribution in [0.3, 0.4) is 0 Å². The SMILES string of the molecule is CCCCC/C=C\C/C=C\C/C=C\C/C=C\C/C=C\CCC(=O)OC[C@H](COP(=O)(O)OC[C@@H](O)COP(=O)(O)OC[C@@H](COC(=O)CCCCCCCCCCCCCCC)OC(=O)CCCCCCCCCCCCCCC)OC(=O)CCCCCCCCCCCCCCCCC. The molecule has 0 fully saturated rings. The number of unbranched alkanes of at least 4 members (excludes halogenated alkanes) is 41. The lowest BCUT2D eigenvalue weighted by molar-refractivity contribution is -0.161. The first kappa shape index (κ1) is 96.8. The van der Waals surface area contributed by atoms with Crippen molar-refractivity contribution in [2.75, 3.05) is 39.6 Å². The van der Waals surface area contributed by atoms with Crippen LogP contribution in [0.4, 0.5) is 0 Å². The van der Waals surface area contributed by atoms with Crippen LogP contribution in [0.5, 0.6) is 0 Å². The van der Waals surface area contributed by atoms with Gasteiger partial charge in [0.05, 0.1) is 26.4 Å². The van der Waals surface area contributed by atoms with Crippen LogP contribution >= 0.6 is 15.6 Å². The summed E-state index contributed by atoms with van der Waals surface area (Å²) in [5.41, 5.74) is 0. The van der Waals surface area contributed by atoms with Crippen LogP contribution < -0.4 is 0 Å². The number of hydrogen-bond donors (Lipinski definition) is 3. The first-order chi connectivity index (χ1) is 48.7. The Bertz CT molecular complexity index is 2130.